The molecule has 1 fully saturated rings. The Morgan fingerprint density at radius 2 is 2.00 bits per heavy atom. The number of nitrogens with one attached hydrogen (secondary N) is 2. The van der Waals surface area contributed by atoms with Gasteiger partial charge in [0.2, 0.25) is 0 Å². The van der Waals surface area contributed by atoms with Gasteiger partial charge in [-0.3, -0.25) is 0 Å². The Balaban J connectivity index is 2.36. The molecular weight excluding hydrogens is 164 g/mol. The lowest BCUT2D eigenvalue weighted by Gasteiger charge is -2.09. The molecule has 0 atom stereocenters. The number of hydrogen-bond donors (Lipinski definition) is 2. The summed E-state index contributed by atoms with van der Waals surface area (Å²) >= 11 is 0. The van der Waals surface area contributed by atoms with Gasteiger partial charge < -0.3 is 10.6 Å². The van der Waals surface area contributed by atoms with Crippen LogP contribution in [0, 0.1) is 5.92 Å². The Hall–Kier alpha value is -0.990. The Morgan fingerprint density at radius 3 is 2.54 bits per heavy atom. The normalized spacial score (nSPS) is 18.8. The second kappa shape index (κ2) is 4.90. The topological polar surface area (TPSA) is 41.1 Å². The third-order valence-corrected chi connectivity index (χ3v) is 2.66. The molecule has 2 amide bonds. The average molecular weight is 182 g/mol. The van der Waals surface area contributed by atoms with Crippen molar-refractivity contribution in [1.29, 1.82) is 0 Å². The van der Waals surface area contributed by atoms with Gasteiger partial charge in [0.15, 0.2) is 0 Å². The minimum atomic E-state index is -0.141. The van der Waals surface area contributed by atoms with Gasteiger partial charge in [0, 0.05) is 13.2 Å². The van der Waals surface area contributed by atoms with Gasteiger partial charge in [0.05, 0.1) is 0 Å². The quantitative estimate of drug-likeness (QED) is 0.674. The van der Waals surface area contributed by atoms with Gasteiger partial charge in [-0.1, -0.05) is 18.4 Å². The van der Waals surface area contributed by atoms with Crippen LogP contribution in [0.2, 0.25) is 0 Å². The van der Waals surface area contributed by atoms with E-state index in [2.05, 4.69) is 17.6 Å². The van der Waals surface area contributed by atoms with Crippen molar-refractivity contribution in [1.82, 2.24) is 10.6 Å². The highest BCUT2D eigenvalue weighted by molar-refractivity contribution is 5.74. The molecule has 74 valence electrons. The number of urea groups is 1. The molecule has 0 aromatic rings. The SMILES string of the molecule is CNC(=O)N/C=C(\C)C1CCCC1. The zero-order valence-corrected chi connectivity index (χ0v) is 8.39. The van der Waals surface area contributed by atoms with Gasteiger partial charge >= 0.3 is 6.03 Å². The second-order valence-electron chi connectivity index (χ2n) is 3.59. The molecule has 0 saturated heterocycles. The van der Waals surface area contributed by atoms with Gasteiger partial charge in [0.25, 0.3) is 0 Å². The highest BCUT2D eigenvalue weighted by Gasteiger charge is 2.16. The van der Waals surface area contributed by atoms with E-state index in [0.29, 0.717) is 5.92 Å². The van der Waals surface area contributed by atoms with Gasteiger partial charge in [-0.25, -0.2) is 4.79 Å². The largest absolute Gasteiger partial charge is 0.341 e. The number of amides is 2. The zero-order valence-electron chi connectivity index (χ0n) is 8.39. The highest BCUT2D eigenvalue weighted by atomic mass is 16.2. The van der Waals surface area contributed by atoms with Crippen LogP contribution in [0.25, 0.3) is 0 Å². The maximum atomic E-state index is 10.9. The Bertz CT molecular complexity index is 205. The molecule has 3 nitrogen and oxygen atoms in total. The van der Waals surface area contributed by atoms with Crippen molar-refractivity contribution in [3.8, 4) is 0 Å². The number of allylic oxidation sites excluding steroid dienone is 1. The van der Waals surface area contributed by atoms with Crippen LogP contribution in [0.4, 0.5) is 4.79 Å². The summed E-state index contributed by atoms with van der Waals surface area (Å²) in [4.78, 5) is 10.9. The van der Waals surface area contributed by atoms with Crippen LogP contribution in [0.5, 0.6) is 0 Å². The van der Waals surface area contributed by atoms with E-state index < -0.39 is 0 Å². The summed E-state index contributed by atoms with van der Waals surface area (Å²) < 4.78 is 0. The molecule has 1 rings (SSSR count). The van der Waals surface area contributed by atoms with E-state index in [-0.39, 0.29) is 6.03 Å². The molecule has 1 aliphatic carbocycles. The molecule has 0 unspecified atom stereocenters. The Kier molecular flexibility index (Phi) is 3.80. The molecule has 0 spiro atoms. The van der Waals surface area contributed by atoms with Crippen molar-refractivity contribution in [3.05, 3.63) is 11.8 Å². The van der Waals surface area contributed by atoms with Crippen LogP contribution in [0.15, 0.2) is 11.8 Å². The van der Waals surface area contributed by atoms with Crippen molar-refractivity contribution in [2.45, 2.75) is 32.6 Å². The molecule has 0 aromatic carbocycles. The van der Waals surface area contributed by atoms with Crippen molar-refractivity contribution in [2.24, 2.45) is 5.92 Å². The molecule has 0 radical (unpaired) electrons. The zero-order chi connectivity index (χ0) is 9.68. The fourth-order valence-corrected chi connectivity index (χ4v) is 1.75. The lowest BCUT2D eigenvalue weighted by Crippen LogP contribution is -2.29. The van der Waals surface area contributed by atoms with Crippen molar-refractivity contribution < 1.29 is 4.79 Å². The minimum absolute atomic E-state index is 0.141. The third kappa shape index (κ3) is 3.09. The predicted molar refractivity (Wildman–Crippen MR) is 53.3 cm³/mol. The highest BCUT2D eigenvalue weighted by Crippen LogP contribution is 2.30. The van der Waals surface area contributed by atoms with E-state index in [1.165, 1.54) is 31.3 Å². The fraction of sp³-hybridized carbons (Fsp3) is 0.700. The molecule has 0 heterocycles. The first-order valence-corrected chi connectivity index (χ1v) is 4.89. The van der Waals surface area contributed by atoms with Gasteiger partial charge in [0.1, 0.15) is 0 Å². The summed E-state index contributed by atoms with van der Waals surface area (Å²) in [7, 11) is 1.62. The first kappa shape index (κ1) is 10.1. The Labute approximate surface area is 79.6 Å². The molecule has 0 aliphatic heterocycles. The standard InChI is InChI=1S/C10H18N2O/c1-8(7-12-10(13)11-2)9-5-3-4-6-9/h7,9H,3-6H2,1-2H3,(H2,11,12,13)/b8-7+. The minimum Gasteiger partial charge on any atom is -0.341 e. The first-order chi connectivity index (χ1) is 6.24. The molecule has 13 heavy (non-hydrogen) atoms. The summed E-state index contributed by atoms with van der Waals surface area (Å²) in [5, 5.41) is 5.21. The number of rotatable bonds is 2. The summed E-state index contributed by atoms with van der Waals surface area (Å²) in [5.74, 6) is 0.692. The van der Waals surface area contributed by atoms with E-state index in [9.17, 15) is 4.79 Å². The molecule has 0 bridgehead atoms. The number of hydrogen-bond acceptors (Lipinski definition) is 1. The maximum Gasteiger partial charge on any atom is 0.318 e. The van der Waals surface area contributed by atoms with Crippen molar-refractivity contribution in [2.75, 3.05) is 7.05 Å². The summed E-state index contributed by atoms with van der Waals surface area (Å²) in [5.41, 5.74) is 1.29. The van der Waals surface area contributed by atoms with Crippen molar-refractivity contribution in [3.63, 3.8) is 0 Å². The molecule has 0 aromatic heterocycles. The lowest BCUT2D eigenvalue weighted by atomic mass is 10.0. The van der Waals surface area contributed by atoms with E-state index in [1.54, 1.807) is 7.05 Å². The smallest absolute Gasteiger partial charge is 0.318 e. The molecule has 3 heteroatoms. The van der Waals surface area contributed by atoms with Gasteiger partial charge in [-0.15, -0.1) is 0 Å². The average Bonchev–Trinajstić information content (AvgIpc) is 2.66. The second-order valence-corrected chi connectivity index (χ2v) is 3.59. The van der Waals surface area contributed by atoms with E-state index in [0.717, 1.165) is 0 Å². The summed E-state index contributed by atoms with van der Waals surface area (Å²) in [6.45, 7) is 2.09. The molecular formula is C10H18N2O. The maximum absolute atomic E-state index is 10.9. The fourth-order valence-electron chi connectivity index (χ4n) is 1.75. The Morgan fingerprint density at radius 1 is 1.38 bits per heavy atom. The lowest BCUT2D eigenvalue weighted by molar-refractivity contribution is 0.246. The summed E-state index contributed by atoms with van der Waals surface area (Å²) in [6, 6.07) is -0.141. The third-order valence-electron chi connectivity index (χ3n) is 2.66. The summed E-state index contributed by atoms with van der Waals surface area (Å²) in [6.07, 6.45) is 7.04. The van der Waals surface area contributed by atoms with Crippen LogP contribution < -0.4 is 10.6 Å². The van der Waals surface area contributed by atoms with E-state index >= 15 is 0 Å². The molecule has 1 saturated carbocycles. The number of carbonyl (C=O) groups excluding carboxylic acids is 1. The van der Waals surface area contributed by atoms with Gasteiger partial charge in [-0.05, 0) is 25.7 Å². The predicted octanol–water partition coefficient (Wildman–Crippen LogP) is 2.01. The number of carbonyl (C=O) groups is 1. The van der Waals surface area contributed by atoms with Crippen LogP contribution >= 0.6 is 0 Å². The van der Waals surface area contributed by atoms with Crippen LogP contribution in [-0.2, 0) is 0 Å². The van der Waals surface area contributed by atoms with Crippen LogP contribution in [-0.4, -0.2) is 13.1 Å². The van der Waals surface area contributed by atoms with E-state index in [1.807, 2.05) is 6.20 Å². The van der Waals surface area contributed by atoms with Crippen molar-refractivity contribution >= 4 is 6.03 Å². The molecule has 1 aliphatic rings. The van der Waals surface area contributed by atoms with E-state index in [4.69, 9.17) is 0 Å². The monoisotopic (exact) mass is 182 g/mol. The van der Waals surface area contributed by atoms with Gasteiger partial charge in [-0.2, -0.15) is 0 Å². The van der Waals surface area contributed by atoms with Crippen LogP contribution in [0.3, 0.4) is 0 Å². The molecule has 2 N–H and O–H groups in total. The van der Waals surface area contributed by atoms with Crippen LogP contribution in [0.1, 0.15) is 32.6 Å². The first-order valence-electron chi connectivity index (χ1n) is 4.89.